The molecule has 0 spiro atoms. The molecule has 1 aliphatic heterocycles. The third-order valence-electron chi connectivity index (χ3n) is 4.62. The number of nitrogens with one attached hydrogen (secondary N) is 1. The first kappa shape index (κ1) is 17.8. The van der Waals surface area contributed by atoms with Gasteiger partial charge in [0.05, 0.1) is 36.4 Å². The van der Waals surface area contributed by atoms with E-state index < -0.39 is 5.82 Å². The summed E-state index contributed by atoms with van der Waals surface area (Å²) < 4.78 is 20.4. The SMILES string of the molecule is N#CCc1cc(-c2ncnc3cc(C4CNCCO4)ccc23)c(F)cc1Cl. The average molecular weight is 383 g/mol. The van der Waals surface area contributed by atoms with Crippen LogP contribution in [0.25, 0.3) is 22.2 Å². The van der Waals surface area contributed by atoms with Gasteiger partial charge in [0.25, 0.3) is 0 Å². The van der Waals surface area contributed by atoms with Gasteiger partial charge in [0.2, 0.25) is 0 Å². The fourth-order valence-electron chi connectivity index (χ4n) is 3.26. The van der Waals surface area contributed by atoms with Gasteiger partial charge in [0, 0.05) is 29.1 Å². The van der Waals surface area contributed by atoms with Gasteiger partial charge < -0.3 is 10.1 Å². The second-order valence-electron chi connectivity index (χ2n) is 6.32. The molecular formula is C20H16ClFN4O. The number of ether oxygens (including phenoxy) is 1. The van der Waals surface area contributed by atoms with Crippen molar-refractivity contribution in [2.75, 3.05) is 19.7 Å². The highest BCUT2D eigenvalue weighted by Gasteiger charge is 2.18. The summed E-state index contributed by atoms with van der Waals surface area (Å²) in [5.41, 5.74) is 3.08. The van der Waals surface area contributed by atoms with Crippen LogP contribution in [0.15, 0.2) is 36.7 Å². The molecule has 1 aliphatic rings. The molecule has 1 saturated heterocycles. The molecule has 1 fully saturated rings. The Hall–Kier alpha value is -2.59. The van der Waals surface area contributed by atoms with Crippen molar-refractivity contribution in [3.8, 4) is 17.3 Å². The first-order valence-electron chi connectivity index (χ1n) is 8.59. The Bertz CT molecular complexity index is 1040. The molecule has 3 aromatic rings. The van der Waals surface area contributed by atoms with Gasteiger partial charge in [0.1, 0.15) is 12.1 Å². The Balaban J connectivity index is 1.81. The lowest BCUT2D eigenvalue weighted by Crippen LogP contribution is -2.33. The zero-order chi connectivity index (χ0) is 18.8. The van der Waals surface area contributed by atoms with Crippen LogP contribution in [0.1, 0.15) is 17.2 Å². The number of rotatable bonds is 3. The third kappa shape index (κ3) is 3.50. The van der Waals surface area contributed by atoms with Gasteiger partial charge in [-0.05, 0) is 29.3 Å². The van der Waals surface area contributed by atoms with Gasteiger partial charge >= 0.3 is 0 Å². The molecule has 7 heteroatoms. The lowest BCUT2D eigenvalue weighted by Gasteiger charge is -2.24. The van der Waals surface area contributed by atoms with Crippen LogP contribution in [0.4, 0.5) is 4.39 Å². The third-order valence-corrected chi connectivity index (χ3v) is 4.97. The van der Waals surface area contributed by atoms with Gasteiger partial charge in [0.15, 0.2) is 0 Å². The van der Waals surface area contributed by atoms with Crippen molar-refractivity contribution in [2.24, 2.45) is 0 Å². The zero-order valence-electron chi connectivity index (χ0n) is 14.4. The molecule has 5 nitrogen and oxygen atoms in total. The van der Waals surface area contributed by atoms with Crippen molar-refractivity contribution >= 4 is 22.5 Å². The highest BCUT2D eigenvalue weighted by atomic mass is 35.5. The summed E-state index contributed by atoms with van der Waals surface area (Å²) >= 11 is 6.05. The minimum atomic E-state index is -0.481. The molecule has 0 amide bonds. The summed E-state index contributed by atoms with van der Waals surface area (Å²) in [5, 5.41) is 13.2. The van der Waals surface area contributed by atoms with Gasteiger partial charge in [-0.1, -0.05) is 23.7 Å². The molecule has 0 bridgehead atoms. The Kier molecular flexibility index (Phi) is 4.99. The first-order valence-corrected chi connectivity index (χ1v) is 8.97. The molecule has 1 atom stereocenters. The summed E-state index contributed by atoms with van der Waals surface area (Å²) in [6.45, 7) is 2.25. The van der Waals surface area contributed by atoms with Gasteiger partial charge in [-0.3, -0.25) is 0 Å². The molecule has 4 rings (SSSR count). The largest absolute Gasteiger partial charge is 0.371 e. The number of aromatic nitrogens is 2. The molecule has 2 heterocycles. The predicted octanol–water partition coefficient (Wildman–Crippen LogP) is 3.82. The van der Waals surface area contributed by atoms with Crippen LogP contribution >= 0.6 is 11.6 Å². The van der Waals surface area contributed by atoms with E-state index in [1.54, 1.807) is 6.07 Å². The van der Waals surface area contributed by atoms with Gasteiger partial charge in [-0.2, -0.15) is 5.26 Å². The molecule has 1 unspecified atom stereocenters. The number of nitriles is 1. The number of hydrogen-bond donors (Lipinski definition) is 1. The maximum absolute atomic E-state index is 14.6. The van der Waals surface area contributed by atoms with Crippen molar-refractivity contribution < 1.29 is 9.13 Å². The van der Waals surface area contributed by atoms with Crippen LogP contribution in [0.5, 0.6) is 0 Å². The number of hydrogen-bond acceptors (Lipinski definition) is 5. The van der Waals surface area contributed by atoms with E-state index in [4.69, 9.17) is 21.6 Å². The predicted molar refractivity (Wildman–Crippen MR) is 101 cm³/mol. The smallest absolute Gasteiger partial charge is 0.134 e. The first-order chi connectivity index (χ1) is 13.2. The van der Waals surface area contributed by atoms with E-state index in [0.717, 1.165) is 24.0 Å². The van der Waals surface area contributed by atoms with Crippen molar-refractivity contribution in [3.05, 3.63) is 58.6 Å². The van der Waals surface area contributed by atoms with E-state index in [0.29, 0.717) is 28.9 Å². The molecule has 2 aromatic carbocycles. The summed E-state index contributed by atoms with van der Waals surface area (Å²) in [4.78, 5) is 8.63. The van der Waals surface area contributed by atoms with Gasteiger partial charge in [-0.15, -0.1) is 0 Å². The Labute approximate surface area is 160 Å². The molecular weight excluding hydrogens is 367 g/mol. The fraction of sp³-hybridized carbons (Fsp3) is 0.250. The van der Waals surface area contributed by atoms with E-state index in [9.17, 15) is 4.39 Å². The van der Waals surface area contributed by atoms with Crippen molar-refractivity contribution in [1.82, 2.24) is 15.3 Å². The summed E-state index contributed by atoms with van der Waals surface area (Å²) in [5.74, 6) is -0.481. The molecule has 27 heavy (non-hydrogen) atoms. The van der Waals surface area contributed by atoms with E-state index in [-0.39, 0.29) is 17.5 Å². The molecule has 0 saturated carbocycles. The lowest BCUT2D eigenvalue weighted by atomic mass is 10.00. The Morgan fingerprint density at radius 3 is 2.96 bits per heavy atom. The second-order valence-corrected chi connectivity index (χ2v) is 6.73. The molecule has 1 aromatic heterocycles. The molecule has 1 N–H and O–H groups in total. The van der Waals surface area contributed by atoms with Crippen molar-refractivity contribution in [2.45, 2.75) is 12.5 Å². The lowest BCUT2D eigenvalue weighted by molar-refractivity contribution is 0.0278. The van der Waals surface area contributed by atoms with E-state index >= 15 is 0 Å². The number of benzene rings is 2. The van der Waals surface area contributed by atoms with E-state index in [1.807, 2.05) is 24.3 Å². The van der Waals surface area contributed by atoms with Crippen LogP contribution < -0.4 is 5.32 Å². The van der Waals surface area contributed by atoms with Gasteiger partial charge in [-0.25, -0.2) is 14.4 Å². The van der Waals surface area contributed by atoms with Crippen molar-refractivity contribution in [3.63, 3.8) is 0 Å². The van der Waals surface area contributed by atoms with Crippen LogP contribution in [0, 0.1) is 17.1 Å². The number of fused-ring (bicyclic) bond motifs is 1. The van der Waals surface area contributed by atoms with E-state index in [1.165, 1.54) is 12.4 Å². The summed E-state index contributed by atoms with van der Waals surface area (Å²) in [6, 6.07) is 10.6. The highest BCUT2D eigenvalue weighted by molar-refractivity contribution is 6.31. The topological polar surface area (TPSA) is 70.8 Å². The molecule has 0 radical (unpaired) electrons. The minimum absolute atomic E-state index is 0.0314. The standard InChI is InChI=1S/C20H16ClFN4O/c21-16-9-17(22)15(7-12(16)3-4-23)20-14-2-1-13(8-18(14)25-11-26-20)19-10-24-5-6-27-19/h1-2,7-9,11,19,24H,3,5-6,10H2. The molecule has 136 valence electrons. The van der Waals surface area contributed by atoms with E-state index in [2.05, 4.69) is 15.3 Å². The van der Waals surface area contributed by atoms with Crippen LogP contribution in [0.3, 0.4) is 0 Å². The average Bonchev–Trinajstić information content (AvgIpc) is 2.70. The Morgan fingerprint density at radius 2 is 2.19 bits per heavy atom. The maximum Gasteiger partial charge on any atom is 0.134 e. The number of nitrogens with zero attached hydrogens (tertiary/aromatic N) is 3. The summed E-state index contributed by atoms with van der Waals surface area (Å²) in [6.07, 6.45) is 1.49. The fourth-order valence-corrected chi connectivity index (χ4v) is 3.48. The zero-order valence-corrected chi connectivity index (χ0v) is 15.1. The van der Waals surface area contributed by atoms with Crippen LogP contribution in [0.2, 0.25) is 5.02 Å². The number of morpholine rings is 1. The van der Waals surface area contributed by atoms with Crippen LogP contribution in [-0.2, 0) is 11.2 Å². The highest BCUT2D eigenvalue weighted by Crippen LogP contribution is 2.32. The minimum Gasteiger partial charge on any atom is -0.371 e. The normalized spacial score (nSPS) is 17.0. The quantitative estimate of drug-likeness (QED) is 0.745. The molecule has 0 aliphatic carbocycles. The van der Waals surface area contributed by atoms with Crippen molar-refractivity contribution in [1.29, 1.82) is 5.26 Å². The second kappa shape index (κ2) is 7.57. The maximum atomic E-state index is 14.6. The summed E-state index contributed by atoms with van der Waals surface area (Å²) in [7, 11) is 0. The number of halogens is 2. The monoisotopic (exact) mass is 382 g/mol. The Morgan fingerprint density at radius 1 is 1.30 bits per heavy atom. The van der Waals surface area contributed by atoms with Crippen LogP contribution in [-0.4, -0.2) is 29.7 Å².